The number of carbonyl (C=O) groups excluding carboxylic acids is 1. The molecule has 3 amide bonds. The fraction of sp³-hybridized carbons (Fsp3) is 0.250. The molecule has 6 N–H and O–H groups in total. The van der Waals surface area contributed by atoms with E-state index in [9.17, 15) is 14.4 Å². The number of thiazole rings is 1. The van der Waals surface area contributed by atoms with Gasteiger partial charge in [-0.1, -0.05) is 12.1 Å². The van der Waals surface area contributed by atoms with Crippen molar-refractivity contribution in [2.24, 2.45) is 0 Å². The maximum atomic E-state index is 11.0. The van der Waals surface area contributed by atoms with Crippen LogP contribution < -0.4 is 21.3 Å². The molecule has 0 atom stereocenters. The summed E-state index contributed by atoms with van der Waals surface area (Å²) in [7, 11) is 0. The number of hydrogen-bond acceptors (Lipinski definition) is 6. The molecule has 0 bridgehead atoms. The highest BCUT2D eigenvalue weighted by Gasteiger charge is 2.13. The van der Waals surface area contributed by atoms with E-state index in [-0.39, 0.29) is 5.91 Å². The number of anilines is 2. The lowest BCUT2D eigenvalue weighted by atomic mass is 10.1. The summed E-state index contributed by atoms with van der Waals surface area (Å²) < 4.78 is 0. The van der Waals surface area contributed by atoms with Crippen LogP contribution in [0.2, 0.25) is 0 Å². The van der Waals surface area contributed by atoms with E-state index in [1.807, 2.05) is 28.1 Å². The number of rotatable bonds is 8. The van der Waals surface area contributed by atoms with Crippen LogP contribution >= 0.6 is 11.3 Å². The Hall–Kier alpha value is -3.34. The second-order valence-corrected chi connectivity index (χ2v) is 6.36. The normalized spacial score (nSPS) is 10.3. The monoisotopic (exact) mass is 393 g/mol. The summed E-state index contributed by atoms with van der Waals surface area (Å²) in [6.45, 7) is 1.43. The van der Waals surface area contributed by atoms with Gasteiger partial charge in [-0.15, -0.1) is 11.3 Å². The Morgan fingerprint density at radius 2 is 1.70 bits per heavy atom. The molecule has 0 radical (unpaired) electrons. The molecule has 0 spiro atoms. The zero-order chi connectivity index (χ0) is 19.8. The maximum absolute atomic E-state index is 11.0. The highest BCUT2D eigenvalue weighted by molar-refractivity contribution is 7.13. The molecule has 1 heterocycles. The Kier molecular flexibility index (Phi) is 6.94. The number of carbonyl (C=O) groups is 3. The van der Waals surface area contributed by atoms with E-state index in [1.54, 1.807) is 12.1 Å². The van der Waals surface area contributed by atoms with Gasteiger partial charge in [-0.3, -0.25) is 15.4 Å². The predicted molar refractivity (Wildman–Crippen MR) is 100.0 cm³/mol. The van der Waals surface area contributed by atoms with Gasteiger partial charge in [0.05, 0.1) is 5.69 Å². The molecular weight excluding hydrogens is 374 g/mol. The summed E-state index contributed by atoms with van der Waals surface area (Å²) in [5.41, 5.74) is 2.46. The molecule has 27 heavy (non-hydrogen) atoms. The Balaban J connectivity index is 1.90. The molecule has 0 saturated heterocycles. The van der Waals surface area contributed by atoms with Gasteiger partial charge in [0.1, 0.15) is 0 Å². The molecule has 0 aliphatic heterocycles. The second-order valence-electron chi connectivity index (χ2n) is 5.50. The van der Waals surface area contributed by atoms with E-state index in [2.05, 4.69) is 15.6 Å². The number of nitrogens with zero attached hydrogens (tertiary/aromatic N) is 1. The minimum Gasteiger partial charge on any atom is -0.465 e. The smallest absolute Gasteiger partial charge is 0.407 e. The zero-order valence-electron chi connectivity index (χ0n) is 14.4. The standard InChI is InChI=1S/C16H19N5O5S/c1-9(22)17-14-19-12(8-27-14)7-4-10-2-5-11(6-3-10)18-13(20-15(23)24)21-16(25)26/h2-3,5-6,8,13,18,20-21H,4,7H2,1H3,(H,23,24)(H,25,26)(H,17,19,22). The summed E-state index contributed by atoms with van der Waals surface area (Å²) in [5.74, 6) is -0.160. The van der Waals surface area contributed by atoms with Crippen molar-refractivity contribution < 1.29 is 24.6 Å². The molecule has 11 heteroatoms. The molecule has 0 fully saturated rings. The summed E-state index contributed by atoms with van der Waals surface area (Å²) in [6.07, 6.45) is -2.46. The Morgan fingerprint density at radius 3 is 2.26 bits per heavy atom. The van der Waals surface area contributed by atoms with Gasteiger partial charge in [0, 0.05) is 18.0 Å². The topological polar surface area (TPSA) is 153 Å². The third kappa shape index (κ3) is 7.20. The molecule has 0 unspecified atom stereocenters. The molecule has 0 saturated carbocycles. The van der Waals surface area contributed by atoms with Gasteiger partial charge in [0.15, 0.2) is 11.4 Å². The van der Waals surface area contributed by atoms with Crippen LogP contribution in [0.5, 0.6) is 0 Å². The summed E-state index contributed by atoms with van der Waals surface area (Å²) in [6, 6.07) is 7.14. The third-order valence-electron chi connectivity index (χ3n) is 3.31. The molecule has 144 valence electrons. The van der Waals surface area contributed by atoms with E-state index >= 15 is 0 Å². The first-order valence-electron chi connectivity index (χ1n) is 7.88. The van der Waals surface area contributed by atoms with Gasteiger partial charge < -0.3 is 20.8 Å². The fourth-order valence-corrected chi connectivity index (χ4v) is 2.98. The lowest BCUT2D eigenvalue weighted by molar-refractivity contribution is -0.114. The van der Waals surface area contributed by atoms with Crippen molar-refractivity contribution in [3.05, 3.63) is 40.9 Å². The number of aromatic nitrogens is 1. The number of aryl methyl sites for hydroxylation is 2. The van der Waals surface area contributed by atoms with Gasteiger partial charge in [0.2, 0.25) is 5.91 Å². The molecule has 2 aromatic rings. The largest absolute Gasteiger partial charge is 0.465 e. The average Bonchev–Trinajstić information content (AvgIpc) is 2.99. The van der Waals surface area contributed by atoms with Gasteiger partial charge >= 0.3 is 12.2 Å². The summed E-state index contributed by atoms with van der Waals surface area (Å²) >= 11 is 1.37. The number of benzene rings is 1. The van der Waals surface area contributed by atoms with Crippen molar-refractivity contribution in [2.75, 3.05) is 10.6 Å². The van der Waals surface area contributed by atoms with Crippen molar-refractivity contribution in [3.63, 3.8) is 0 Å². The van der Waals surface area contributed by atoms with Crippen LogP contribution in [0, 0.1) is 0 Å². The Labute approximate surface area is 158 Å². The van der Waals surface area contributed by atoms with Crippen LogP contribution in [0.25, 0.3) is 0 Å². The van der Waals surface area contributed by atoms with Gasteiger partial charge in [-0.2, -0.15) is 0 Å². The molecule has 0 aliphatic rings. The van der Waals surface area contributed by atoms with Crippen molar-refractivity contribution in [3.8, 4) is 0 Å². The van der Waals surface area contributed by atoms with Crippen molar-refractivity contribution in [1.29, 1.82) is 0 Å². The van der Waals surface area contributed by atoms with Crippen LogP contribution in [-0.4, -0.2) is 39.6 Å². The van der Waals surface area contributed by atoms with E-state index in [0.717, 1.165) is 17.7 Å². The van der Waals surface area contributed by atoms with Crippen molar-refractivity contribution >= 4 is 40.2 Å². The quantitative estimate of drug-likeness (QED) is 0.376. The average molecular weight is 393 g/mol. The SMILES string of the molecule is CC(=O)Nc1nc(CCc2ccc(NC(NC(=O)O)NC(=O)O)cc2)cs1. The highest BCUT2D eigenvalue weighted by Crippen LogP contribution is 2.17. The minimum atomic E-state index is -1.36. The molecule has 1 aromatic heterocycles. The van der Waals surface area contributed by atoms with Crippen LogP contribution in [0.4, 0.5) is 20.4 Å². The van der Waals surface area contributed by atoms with Crippen LogP contribution in [0.3, 0.4) is 0 Å². The van der Waals surface area contributed by atoms with E-state index < -0.39 is 18.5 Å². The highest BCUT2D eigenvalue weighted by atomic mass is 32.1. The first-order chi connectivity index (χ1) is 12.8. The van der Waals surface area contributed by atoms with E-state index in [4.69, 9.17) is 10.2 Å². The lowest BCUT2D eigenvalue weighted by Crippen LogP contribution is -2.52. The number of nitrogens with one attached hydrogen (secondary N) is 4. The zero-order valence-corrected chi connectivity index (χ0v) is 15.2. The number of hydrogen-bond donors (Lipinski definition) is 6. The maximum Gasteiger partial charge on any atom is 0.407 e. The molecule has 10 nitrogen and oxygen atoms in total. The number of carboxylic acid groups (broad SMARTS) is 2. The molecule has 1 aromatic carbocycles. The van der Waals surface area contributed by atoms with Crippen molar-refractivity contribution in [1.82, 2.24) is 15.6 Å². The van der Waals surface area contributed by atoms with Crippen molar-refractivity contribution in [2.45, 2.75) is 26.1 Å². The third-order valence-corrected chi connectivity index (χ3v) is 4.11. The summed E-state index contributed by atoms with van der Waals surface area (Å²) in [4.78, 5) is 36.7. The van der Waals surface area contributed by atoms with Gasteiger partial charge in [0.25, 0.3) is 0 Å². The van der Waals surface area contributed by atoms with Crippen LogP contribution in [0.15, 0.2) is 29.6 Å². The van der Waals surface area contributed by atoms with Crippen LogP contribution in [0.1, 0.15) is 18.2 Å². The predicted octanol–water partition coefficient (Wildman–Crippen LogP) is 2.12. The first-order valence-corrected chi connectivity index (χ1v) is 8.76. The van der Waals surface area contributed by atoms with Crippen LogP contribution in [-0.2, 0) is 17.6 Å². The van der Waals surface area contributed by atoms with E-state index in [0.29, 0.717) is 17.2 Å². The second kappa shape index (κ2) is 9.38. The Morgan fingerprint density at radius 1 is 1.07 bits per heavy atom. The Bertz CT molecular complexity index is 792. The minimum absolute atomic E-state index is 0.160. The molecule has 2 rings (SSSR count). The number of amides is 3. The summed E-state index contributed by atoms with van der Waals surface area (Å²) in [5, 5.41) is 29.3. The molecule has 0 aliphatic carbocycles. The lowest BCUT2D eigenvalue weighted by Gasteiger charge is -2.19. The molecular formula is C16H19N5O5S. The van der Waals surface area contributed by atoms with Gasteiger partial charge in [-0.05, 0) is 30.5 Å². The first kappa shape index (κ1) is 20.0. The fourth-order valence-electron chi connectivity index (χ4n) is 2.19. The van der Waals surface area contributed by atoms with E-state index in [1.165, 1.54) is 18.3 Å². The van der Waals surface area contributed by atoms with Gasteiger partial charge in [-0.25, -0.2) is 14.6 Å².